The quantitative estimate of drug-likeness (QED) is 0.613. The van der Waals surface area contributed by atoms with E-state index in [1.807, 2.05) is 6.92 Å². The molecule has 0 aromatic carbocycles. The lowest BCUT2D eigenvalue weighted by Crippen LogP contribution is -2.38. The number of rotatable bonds is 3. The molecule has 17 heavy (non-hydrogen) atoms. The van der Waals surface area contributed by atoms with Crippen molar-refractivity contribution in [2.45, 2.75) is 25.8 Å². The smallest absolute Gasteiger partial charge is 0.287 e. The predicted molar refractivity (Wildman–Crippen MR) is 65.1 cm³/mol. The molecule has 1 saturated heterocycles. The molecule has 0 spiro atoms. The minimum absolute atomic E-state index is 0.0369. The van der Waals surface area contributed by atoms with Crippen LogP contribution in [0.2, 0.25) is 0 Å². The van der Waals surface area contributed by atoms with E-state index in [0.717, 1.165) is 37.3 Å². The summed E-state index contributed by atoms with van der Waals surface area (Å²) in [6.07, 6.45) is 3.54. The van der Waals surface area contributed by atoms with E-state index in [-0.39, 0.29) is 5.69 Å². The molecule has 2 N–H and O–H groups in total. The molecule has 2 rings (SSSR count). The van der Waals surface area contributed by atoms with E-state index in [1.54, 1.807) is 6.07 Å². The largest absolute Gasteiger partial charge is 0.366 e. The van der Waals surface area contributed by atoms with Crippen LogP contribution >= 0.6 is 0 Å². The SMILES string of the molecule is Cc1cc([N+](=O)[O-])cnc1NC1CCCNC1. The third-order valence-corrected chi connectivity index (χ3v) is 2.91. The van der Waals surface area contributed by atoms with Gasteiger partial charge in [-0.1, -0.05) is 0 Å². The van der Waals surface area contributed by atoms with Gasteiger partial charge in [0, 0.05) is 18.7 Å². The van der Waals surface area contributed by atoms with Gasteiger partial charge in [0.15, 0.2) is 0 Å². The lowest BCUT2D eigenvalue weighted by Gasteiger charge is -2.24. The molecule has 1 fully saturated rings. The van der Waals surface area contributed by atoms with Gasteiger partial charge in [0.05, 0.1) is 4.92 Å². The number of hydrogen-bond donors (Lipinski definition) is 2. The van der Waals surface area contributed by atoms with Crippen LogP contribution in [0.3, 0.4) is 0 Å². The molecule has 1 aliphatic heterocycles. The van der Waals surface area contributed by atoms with Crippen LogP contribution in [0.4, 0.5) is 11.5 Å². The Bertz CT molecular complexity index is 416. The van der Waals surface area contributed by atoms with Gasteiger partial charge in [-0.25, -0.2) is 4.98 Å². The zero-order chi connectivity index (χ0) is 12.3. The number of aryl methyl sites for hydroxylation is 1. The molecule has 92 valence electrons. The fourth-order valence-electron chi connectivity index (χ4n) is 1.98. The lowest BCUT2D eigenvalue weighted by atomic mass is 10.1. The first kappa shape index (κ1) is 11.8. The summed E-state index contributed by atoms with van der Waals surface area (Å²) in [7, 11) is 0. The Hall–Kier alpha value is -1.69. The lowest BCUT2D eigenvalue weighted by molar-refractivity contribution is -0.385. The maximum absolute atomic E-state index is 10.6. The molecule has 1 unspecified atom stereocenters. The second-order valence-electron chi connectivity index (χ2n) is 4.30. The Balaban J connectivity index is 2.08. The zero-order valence-corrected chi connectivity index (χ0v) is 9.77. The number of hydrogen-bond acceptors (Lipinski definition) is 5. The Morgan fingerprint density at radius 3 is 3.06 bits per heavy atom. The molecule has 6 heteroatoms. The second kappa shape index (κ2) is 5.09. The summed E-state index contributed by atoms with van der Waals surface area (Å²) in [4.78, 5) is 14.3. The molecular formula is C11H16N4O2. The molecule has 0 amide bonds. The first-order chi connectivity index (χ1) is 8.16. The molecule has 6 nitrogen and oxygen atoms in total. The van der Waals surface area contributed by atoms with Crippen molar-refractivity contribution >= 4 is 11.5 Å². The van der Waals surface area contributed by atoms with Crippen molar-refractivity contribution in [3.05, 3.63) is 27.9 Å². The number of nitrogens with zero attached hydrogens (tertiary/aromatic N) is 2. The summed E-state index contributed by atoms with van der Waals surface area (Å²) < 4.78 is 0. The Morgan fingerprint density at radius 1 is 1.65 bits per heavy atom. The summed E-state index contributed by atoms with van der Waals surface area (Å²) in [5, 5.41) is 17.2. The second-order valence-corrected chi connectivity index (χ2v) is 4.30. The van der Waals surface area contributed by atoms with Crippen molar-refractivity contribution in [2.75, 3.05) is 18.4 Å². The fraction of sp³-hybridized carbons (Fsp3) is 0.545. The Labute approximate surface area is 99.6 Å². The van der Waals surface area contributed by atoms with Crippen LogP contribution in [0.5, 0.6) is 0 Å². The van der Waals surface area contributed by atoms with Crippen LogP contribution in [-0.4, -0.2) is 29.0 Å². The van der Waals surface area contributed by atoms with Crippen LogP contribution in [0.15, 0.2) is 12.3 Å². The summed E-state index contributed by atoms with van der Waals surface area (Å²) in [6, 6.07) is 1.90. The van der Waals surface area contributed by atoms with Gasteiger partial charge in [-0.15, -0.1) is 0 Å². The van der Waals surface area contributed by atoms with Crippen molar-refractivity contribution in [2.24, 2.45) is 0 Å². The average molecular weight is 236 g/mol. The predicted octanol–water partition coefficient (Wildman–Crippen LogP) is 1.46. The van der Waals surface area contributed by atoms with Crippen LogP contribution in [-0.2, 0) is 0 Å². The molecule has 1 aromatic heterocycles. The van der Waals surface area contributed by atoms with Crippen LogP contribution in [0.1, 0.15) is 18.4 Å². The molecule has 0 bridgehead atoms. The molecule has 0 aliphatic carbocycles. The average Bonchev–Trinajstić information content (AvgIpc) is 2.33. The molecule has 2 heterocycles. The summed E-state index contributed by atoms with van der Waals surface area (Å²) in [5.74, 6) is 0.740. The Morgan fingerprint density at radius 2 is 2.47 bits per heavy atom. The highest BCUT2D eigenvalue weighted by Crippen LogP contribution is 2.19. The van der Waals surface area contributed by atoms with Crippen molar-refractivity contribution in [1.29, 1.82) is 0 Å². The van der Waals surface area contributed by atoms with E-state index in [1.165, 1.54) is 6.20 Å². The first-order valence-corrected chi connectivity index (χ1v) is 5.75. The number of nitro groups is 1. The highest BCUT2D eigenvalue weighted by atomic mass is 16.6. The fourth-order valence-corrected chi connectivity index (χ4v) is 1.98. The topological polar surface area (TPSA) is 80.1 Å². The highest BCUT2D eigenvalue weighted by molar-refractivity contribution is 5.48. The van der Waals surface area contributed by atoms with E-state index in [0.29, 0.717) is 6.04 Å². The van der Waals surface area contributed by atoms with Gasteiger partial charge in [0.1, 0.15) is 12.0 Å². The van der Waals surface area contributed by atoms with Crippen molar-refractivity contribution in [1.82, 2.24) is 10.3 Å². The van der Waals surface area contributed by atoms with Gasteiger partial charge >= 0.3 is 0 Å². The monoisotopic (exact) mass is 236 g/mol. The van der Waals surface area contributed by atoms with Crippen LogP contribution in [0, 0.1) is 17.0 Å². The third-order valence-electron chi connectivity index (χ3n) is 2.91. The maximum atomic E-state index is 10.6. The molecule has 0 radical (unpaired) electrons. The molecular weight excluding hydrogens is 220 g/mol. The summed E-state index contributed by atoms with van der Waals surface area (Å²) in [6.45, 7) is 3.81. The minimum Gasteiger partial charge on any atom is -0.366 e. The van der Waals surface area contributed by atoms with Crippen molar-refractivity contribution < 1.29 is 4.92 Å². The van der Waals surface area contributed by atoms with E-state index in [2.05, 4.69) is 15.6 Å². The highest BCUT2D eigenvalue weighted by Gasteiger charge is 2.15. The molecule has 1 aromatic rings. The van der Waals surface area contributed by atoms with Gasteiger partial charge < -0.3 is 10.6 Å². The normalized spacial score (nSPS) is 19.9. The maximum Gasteiger partial charge on any atom is 0.287 e. The number of piperidine rings is 1. The zero-order valence-electron chi connectivity index (χ0n) is 9.77. The van der Waals surface area contributed by atoms with Crippen LogP contribution in [0.25, 0.3) is 0 Å². The van der Waals surface area contributed by atoms with Gasteiger partial charge in [-0.05, 0) is 31.9 Å². The molecule has 0 saturated carbocycles. The van der Waals surface area contributed by atoms with E-state index < -0.39 is 4.92 Å². The van der Waals surface area contributed by atoms with Gasteiger partial charge in [0.25, 0.3) is 5.69 Å². The van der Waals surface area contributed by atoms with E-state index in [4.69, 9.17) is 0 Å². The van der Waals surface area contributed by atoms with E-state index >= 15 is 0 Å². The molecule has 1 atom stereocenters. The summed E-state index contributed by atoms with van der Waals surface area (Å²) >= 11 is 0. The Kier molecular flexibility index (Phi) is 3.53. The van der Waals surface area contributed by atoms with Gasteiger partial charge in [-0.3, -0.25) is 10.1 Å². The van der Waals surface area contributed by atoms with Crippen LogP contribution < -0.4 is 10.6 Å². The standard InChI is InChI=1S/C11H16N4O2/c1-8-5-10(15(16)17)7-13-11(8)14-9-3-2-4-12-6-9/h5,7,9,12H,2-4,6H2,1H3,(H,13,14). The number of aromatic nitrogens is 1. The number of nitrogens with one attached hydrogen (secondary N) is 2. The van der Waals surface area contributed by atoms with Gasteiger partial charge in [-0.2, -0.15) is 0 Å². The van der Waals surface area contributed by atoms with Gasteiger partial charge in [0.2, 0.25) is 0 Å². The number of pyridine rings is 1. The van der Waals surface area contributed by atoms with Crippen molar-refractivity contribution in [3.8, 4) is 0 Å². The minimum atomic E-state index is -0.425. The third kappa shape index (κ3) is 2.91. The number of anilines is 1. The molecule has 1 aliphatic rings. The first-order valence-electron chi connectivity index (χ1n) is 5.75. The summed E-state index contributed by atoms with van der Waals surface area (Å²) in [5.41, 5.74) is 0.847. The van der Waals surface area contributed by atoms with E-state index in [9.17, 15) is 10.1 Å². The van der Waals surface area contributed by atoms with Crippen molar-refractivity contribution in [3.63, 3.8) is 0 Å².